The van der Waals surface area contributed by atoms with Gasteiger partial charge in [0.1, 0.15) is 0 Å². The van der Waals surface area contributed by atoms with Gasteiger partial charge in [-0.05, 0) is 0 Å². The molecule has 0 bridgehead atoms. The standard InChI is InChI=1S/BH2.2Fe.Nd/h1H2;;;/q+1;;-1;. The molecule has 0 aliphatic carbocycles. The summed E-state index contributed by atoms with van der Waals surface area (Å²) in [5.41, 5.74) is 0. The molecule has 0 heterocycles. The molecule has 0 aliphatic heterocycles. The van der Waals surface area contributed by atoms with Crippen LogP contribution in [0.2, 0.25) is 0 Å². The molecule has 0 fully saturated rings. The van der Waals surface area contributed by atoms with Gasteiger partial charge in [-0.1, -0.05) is 0 Å². The Morgan fingerprint density at radius 2 is 1.25 bits per heavy atom. The summed E-state index contributed by atoms with van der Waals surface area (Å²) in [7, 11) is 0. The summed E-state index contributed by atoms with van der Waals surface area (Å²) in [5.74, 6) is 0. The molecular weight excluding hydrogens is 267 g/mol. The second kappa shape index (κ2) is 18.0. The van der Waals surface area contributed by atoms with Gasteiger partial charge < -0.3 is 0 Å². The first-order valence-corrected chi connectivity index (χ1v) is 1.46. The van der Waals surface area contributed by atoms with Crippen molar-refractivity contribution in [1.29, 1.82) is 0 Å². The predicted octanol–water partition coefficient (Wildman–Crippen LogP) is -0.921. The Labute approximate surface area is 78.9 Å². The van der Waals surface area contributed by atoms with E-state index in [1.54, 1.807) is 6.66 Å². The molecule has 0 saturated heterocycles. The molecule has 0 atom stereocenters. The van der Waals surface area contributed by atoms with Crippen LogP contribution >= 0.6 is 0 Å². The summed E-state index contributed by atoms with van der Waals surface area (Å²) in [4.78, 5) is 0. The van der Waals surface area contributed by atoms with Gasteiger partial charge in [0.2, 0.25) is 0 Å². The van der Waals surface area contributed by atoms with Crippen LogP contribution in [0.1, 0.15) is 0 Å². The molecule has 25 valence electrons. The van der Waals surface area contributed by atoms with Crippen molar-refractivity contribution in [2.24, 2.45) is 0 Å². The van der Waals surface area contributed by atoms with Gasteiger partial charge in [-0.15, -0.1) is 0 Å². The maximum atomic E-state index is 3.25. The van der Waals surface area contributed by atoms with Crippen LogP contribution in [0.15, 0.2) is 0 Å². The molecule has 0 N–H and O–H groups in total. The van der Waals surface area contributed by atoms with Gasteiger partial charge in [-0.2, -0.15) is 0 Å². The van der Waals surface area contributed by atoms with Crippen molar-refractivity contribution >= 4 is 6.66 Å². The number of hydrogen-bond donors (Lipinski definition) is 0. The van der Waals surface area contributed by atoms with E-state index in [4.69, 9.17) is 0 Å². The first-order valence-electron chi connectivity index (χ1n) is 0.354. The van der Waals surface area contributed by atoms with E-state index in [0.29, 0.717) is 0 Å². The Bertz CT molecular complexity index is 6.00. The van der Waals surface area contributed by atoms with E-state index in [2.05, 4.69) is 15.8 Å². The zero-order valence-electron chi connectivity index (χ0n) is 2.21. The van der Waals surface area contributed by atoms with Crippen molar-refractivity contribution in [3.63, 3.8) is 0 Å². The second-order valence-electron chi connectivity index (χ2n) is 0. The minimum atomic E-state index is 0. The minimum absolute atomic E-state index is 0. The molecule has 0 radical (unpaired) electrons. The van der Waals surface area contributed by atoms with Gasteiger partial charge in [-0.3, -0.25) is 0 Å². The van der Waals surface area contributed by atoms with E-state index >= 15 is 0 Å². The average molecular weight is 269 g/mol. The van der Waals surface area contributed by atoms with Gasteiger partial charge in [0.15, 0.2) is 0 Å². The topological polar surface area (TPSA) is 0 Å². The molecular formula is H2BFe2Nd. The quantitative estimate of drug-likeness (QED) is 0.499. The third-order valence-electron chi connectivity index (χ3n) is 0. The van der Waals surface area contributed by atoms with Crippen molar-refractivity contribution < 1.29 is 73.7 Å². The zero-order valence-corrected chi connectivity index (χ0v) is 7.62. The van der Waals surface area contributed by atoms with E-state index in [1.165, 1.54) is 0 Å². The molecule has 4 heteroatoms. The van der Waals surface area contributed by atoms with Gasteiger partial charge in [0, 0.05) is 57.9 Å². The van der Waals surface area contributed by atoms with Gasteiger partial charge >= 0.3 is 22.5 Å². The Morgan fingerprint density at radius 3 is 1.25 bits per heavy atom. The monoisotopic (exact) mass is 267 g/mol. The van der Waals surface area contributed by atoms with Crippen LogP contribution < -0.4 is 0 Å². The fourth-order valence-electron chi connectivity index (χ4n) is 0. The van der Waals surface area contributed by atoms with Crippen LogP contribution in [0.3, 0.4) is 0 Å². The molecule has 0 aromatic heterocycles. The van der Waals surface area contributed by atoms with E-state index < -0.39 is 0 Å². The van der Waals surface area contributed by atoms with Crippen molar-refractivity contribution in [3.8, 4) is 0 Å². The third-order valence-corrected chi connectivity index (χ3v) is 0. The van der Waals surface area contributed by atoms with Crippen LogP contribution in [0.5, 0.6) is 0 Å². The first kappa shape index (κ1) is 16.1. The molecule has 0 aliphatic rings. The number of hydrogen-bond acceptors (Lipinski definition) is 0. The summed E-state index contributed by atoms with van der Waals surface area (Å²) >= 11 is 3.25. The summed E-state index contributed by atoms with van der Waals surface area (Å²) in [5, 5.41) is 0. The summed E-state index contributed by atoms with van der Waals surface area (Å²) in [6.45, 7) is 1.75. The molecule has 0 amide bonds. The third kappa shape index (κ3) is 8.82. The summed E-state index contributed by atoms with van der Waals surface area (Å²) in [6.07, 6.45) is 0. The van der Waals surface area contributed by atoms with E-state index in [0.717, 1.165) is 0 Å². The predicted molar refractivity (Wildman–Crippen MR) is 8.54 cm³/mol. The van der Waals surface area contributed by atoms with Crippen LogP contribution in [-0.2, 0) is 32.9 Å². The van der Waals surface area contributed by atoms with E-state index in [-0.39, 0.29) is 57.9 Å². The normalized spacial score (nSPS) is 1.25. The van der Waals surface area contributed by atoms with E-state index in [1.807, 2.05) is 0 Å². The zero-order chi connectivity index (χ0) is 2.00. The maximum Gasteiger partial charge on any atom is 0 e. The SMILES string of the molecule is [BH2][Fe].[Fe].[Nd]. The Morgan fingerprint density at radius 1 is 1.25 bits per heavy atom. The van der Waals surface area contributed by atoms with Crippen molar-refractivity contribution in [1.82, 2.24) is 0 Å². The smallest absolute Gasteiger partial charge is 0 e. The molecule has 0 spiro atoms. The van der Waals surface area contributed by atoms with E-state index in [9.17, 15) is 0 Å². The van der Waals surface area contributed by atoms with Gasteiger partial charge in [-0.25, -0.2) is 0 Å². The van der Waals surface area contributed by atoms with Crippen LogP contribution in [0, 0.1) is 40.8 Å². The molecule has 0 saturated carbocycles. The summed E-state index contributed by atoms with van der Waals surface area (Å²) < 4.78 is 0. The molecule has 0 unspecified atom stereocenters. The fourth-order valence-corrected chi connectivity index (χ4v) is 0. The molecule has 0 aromatic carbocycles. The van der Waals surface area contributed by atoms with Crippen LogP contribution in [0.4, 0.5) is 0 Å². The molecule has 4 heavy (non-hydrogen) atoms. The van der Waals surface area contributed by atoms with Crippen molar-refractivity contribution in [2.75, 3.05) is 0 Å². The average Bonchev–Trinajstić information content (AvgIpc) is 1.00. The Hall–Kier alpha value is 2.45. The maximum absolute atomic E-state index is 3.25. The second-order valence-corrected chi connectivity index (χ2v) is 0. The largest absolute Gasteiger partial charge is 0 e. The van der Waals surface area contributed by atoms with Crippen molar-refractivity contribution in [3.05, 3.63) is 0 Å². The molecule has 0 aromatic rings. The van der Waals surface area contributed by atoms with Gasteiger partial charge in [0.25, 0.3) is 0 Å². The Kier molecular flexibility index (Phi) is 72.3. The summed E-state index contributed by atoms with van der Waals surface area (Å²) in [6, 6.07) is 0. The van der Waals surface area contributed by atoms with Gasteiger partial charge in [0.05, 0.1) is 0 Å². The van der Waals surface area contributed by atoms with Crippen molar-refractivity contribution in [2.45, 2.75) is 0 Å². The van der Waals surface area contributed by atoms with Crippen LogP contribution in [-0.4, -0.2) is 6.66 Å². The molecule has 0 nitrogen and oxygen atoms in total. The van der Waals surface area contributed by atoms with Crippen LogP contribution in [0.25, 0.3) is 0 Å². The number of rotatable bonds is 0. The minimum Gasteiger partial charge on any atom is 0 e. The fraction of sp³-hybridized carbons (Fsp3) is 0. The first-order chi connectivity index (χ1) is 1.00. The molecule has 0 rings (SSSR count). The Balaban J connectivity index is -0.00000000500.